The summed E-state index contributed by atoms with van der Waals surface area (Å²) in [6.07, 6.45) is -0.616. The summed E-state index contributed by atoms with van der Waals surface area (Å²) >= 11 is 6.35. The first-order valence-electron chi connectivity index (χ1n) is 6.48. The smallest absolute Gasteiger partial charge is 0.399 e. The second-order valence-electron chi connectivity index (χ2n) is 6.01. The number of hydrogen-bond donors (Lipinski definition) is 1. The Morgan fingerprint density at radius 1 is 1.16 bits per heavy atom. The molecule has 0 spiro atoms. The van der Waals surface area contributed by atoms with Crippen LogP contribution in [0.3, 0.4) is 0 Å². The van der Waals surface area contributed by atoms with E-state index in [0.717, 1.165) is 5.46 Å². The normalized spacial score (nSPS) is 22.6. The fourth-order valence-corrected chi connectivity index (χ4v) is 2.42. The van der Waals surface area contributed by atoms with Crippen LogP contribution >= 0.6 is 11.6 Å². The molecule has 1 fully saturated rings. The number of halogens is 1. The minimum atomic E-state index is -0.616. The van der Waals surface area contributed by atoms with Gasteiger partial charge in [-0.15, -0.1) is 0 Å². The second-order valence-corrected chi connectivity index (χ2v) is 6.39. The van der Waals surface area contributed by atoms with E-state index < -0.39 is 24.4 Å². The van der Waals surface area contributed by atoms with Crippen LogP contribution in [0.1, 0.15) is 46.3 Å². The van der Waals surface area contributed by atoms with Gasteiger partial charge >= 0.3 is 7.12 Å². The Kier molecular flexibility index (Phi) is 3.73. The number of hydrogen-bond acceptors (Lipinski definition) is 3. The molecule has 1 aliphatic heterocycles. The van der Waals surface area contributed by atoms with Crippen LogP contribution in [0.15, 0.2) is 18.2 Å². The van der Waals surface area contributed by atoms with Crippen molar-refractivity contribution >= 4 is 24.2 Å². The summed E-state index contributed by atoms with van der Waals surface area (Å²) in [5.41, 5.74) is 0.650. The van der Waals surface area contributed by atoms with Crippen molar-refractivity contribution in [1.29, 1.82) is 0 Å². The Morgan fingerprint density at radius 3 is 2.16 bits per heavy atom. The van der Waals surface area contributed by atoms with Gasteiger partial charge < -0.3 is 14.4 Å². The van der Waals surface area contributed by atoms with E-state index >= 15 is 0 Å². The van der Waals surface area contributed by atoms with Gasteiger partial charge in [-0.2, -0.15) is 0 Å². The molecule has 5 heteroatoms. The Labute approximate surface area is 120 Å². The van der Waals surface area contributed by atoms with Crippen molar-refractivity contribution in [2.45, 2.75) is 51.9 Å². The van der Waals surface area contributed by atoms with Crippen LogP contribution in [-0.2, 0) is 9.31 Å². The largest absolute Gasteiger partial charge is 0.496 e. The molecule has 104 valence electrons. The summed E-state index contributed by atoms with van der Waals surface area (Å²) in [6, 6.07) is 5.53. The average molecular weight is 283 g/mol. The Balaban J connectivity index is 2.38. The van der Waals surface area contributed by atoms with E-state index in [0.29, 0.717) is 10.6 Å². The molecule has 1 N–H and O–H groups in total. The number of benzene rings is 1. The van der Waals surface area contributed by atoms with Gasteiger partial charge in [0.15, 0.2) is 0 Å². The van der Waals surface area contributed by atoms with Gasteiger partial charge in [-0.3, -0.25) is 0 Å². The summed E-state index contributed by atoms with van der Waals surface area (Å²) in [5.74, 6) is 0. The molecule has 1 atom stereocenters. The van der Waals surface area contributed by atoms with Gasteiger partial charge in [0.1, 0.15) is 0 Å². The highest BCUT2D eigenvalue weighted by Crippen LogP contribution is 2.37. The molecule has 1 aromatic carbocycles. The minimum Gasteiger partial charge on any atom is -0.399 e. The van der Waals surface area contributed by atoms with Gasteiger partial charge in [0.25, 0.3) is 0 Å². The zero-order chi connectivity index (χ0) is 14.4. The fraction of sp³-hybridized carbons (Fsp3) is 0.571. The van der Waals surface area contributed by atoms with Gasteiger partial charge in [-0.05, 0) is 40.2 Å². The first-order chi connectivity index (χ1) is 8.66. The maximum Gasteiger partial charge on any atom is 0.496 e. The van der Waals surface area contributed by atoms with Gasteiger partial charge in [0.2, 0.25) is 0 Å². The standard InChI is InChI=1S/C14H20BClO3/c1-9(17)10-7-6-8-11(12(10)16)15-18-13(2,3)14(4,5)19-15/h6-9,17H,1-5H3. The lowest BCUT2D eigenvalue weighted by molar-refractivity contribution is 0.00578. The lowest BCUT2D eigenvalue weighted by atomic mass is 9.78. The lowest BCUT2D eigenvalue weighted by Gasteiger charge is -2.32. The molecule has 0 radical (unpaired) electrons. The monoisotopic (exact) mass is 282 g/mol. The molecule has 1 heterocycles. The van der Waals surface area contributed by atoms with Gasteiger partial charge in [-0.25, -0.2) is 0 Å². The Hall–Kier alpha value is -0.545. The van der Waals surface area contributed by atoms with E-state index in [9.17, 15) is 5.11 Å². The molecule has 1 saturated heterocycles. The molecule has 1 aliphatic rings. The van der Waals surface area contributed by atoms with E-state index in [1.807, 2.05) is 45.9 Å². The third-order valence-corrected chi connectivity index (χ3v) is 4.45. The van der Waals surface area contributed by atoms with Crippen LogP contribution in [0.4, 0.5) is 0 Å². The quantitative estimate of drug-likeness (QED) is 0.848. The first kappa shape index (κ1) is 14.9. The fourth-order valence-electron chi connectivity index (χ4n) is 2.04. The summed E-state index contributed by atoms with van der Waals surface area (Å²) < 4.78 is 12.0. The molecule has 0 saturated carbocycles. The maximum absolute atomic E-state index is 9.71. The average Bonchev–Trinajstić information content (AvgIpc) is 2.47. The van der Waals surface area contributed by atoms with Crippen molar-refractivity contribution in [3.05, 3.63) is 28.8 Å². The second kappa shape index (κ2) is 4.78. The van der Waals surface area contributed by atoms with Crippen LogP contribution < -0.4 is 5.46 Å². The summed E-state index contributed by atoms with van der Waals surface area (Å²) in [4.78, 5) is 0. The van der Waals surface area contributed by atoms with Crippen molar-refractivity contribution < 1.29 is 14.4 Å². The molecule has 0 amide bonds. The predicted octanol–water partition coefficient (Wildman–Crippen LogP) is 2.69. The van der Waals surface area contributed by atoms with Crippen LogP contribution in [-0.4, -0.2) is 23.4 Å². The van der Waals surface area contributed by atoms with E-state index in [1.54, 1.807) is 6.92 Å². The molecule has 0 bridgehead atoms. The SMILES string of the molecule is CC(O)c1cccc(B2OC(C)(C)C(C)(C)O2)c1Cl. The van der Waals surface area contributed by atoms with Gasteiger partial charge in [-0.1, -0.05) is 29.8 Å². The third-order valence-electron chi connectivity index (χ3n) is 4.02. The molecule has 0 aliphatic carbocycles. The number of aliphatic hydroxyl groups is 1. The topological polar surface area (TPSA) is 38.7 Å². The Morgan fingerprint density at radius 2 is 1.68 bits per heavy atom. The van der Waals surface area contributed by atoms with Crippen molar-refractivity contribution in [3.63, 3.8) is 0 Å². The minimum absolute atomic E-state index is 0.401. The van der Waals surface area contributed by atoms with Crippen molar-refractivity contribution in [1.82, 2.24) is 0 Å². The van der Waals surface area contributed by atoms with Crippen LogP contribution in [0.25, 0.3) is 0 Å². The molecular weight excluding hydrogens is 262 g/mol. The molecule has 1 unspecified atom stereocenters. The molecule has 19 heavy (non-hydrogen) atoms. The van der Waals surface area contributed by atoms with Crippen LogP contribution in [0.2, 0.25) is 5.02 Å². The van der Waals surface area contributed by atoms with Crippen LogP contribution in [0, 0.1) is 0 Å². The van der Waals surface area contributed by atoms with Crippen molar-refractivity contribution in [2.75, 3.05) is 0 Å². The molecular formula is C14H20BClO3. The van der Waals surface area contributed by atoms with Crippen molar-refractivity contribution in [2.24, 2.45) is 0 Å². The van der Waals surface area contributed by atoms with E-state index in [4.69, 9.17) is 20.9 Å². The van der Waals surface area contributed by atoms with Gasteiger partial charge in [0.05, 0.1) is 17.3 Å². The molecule has 2 rings (SSSR count). The van der Waals surface area contributed by atoms with Gasteiger partial charge in [0, 0.05) is 10.5 Å². The van der Waals surface area contributed by atoms with E-state index in [2.05, 4.69) is 0 Å². The van der Waals surface area contributed by atoms with Crippen molar-refractivity contribution in [3.8, 4) is 0 Å². The van der Waals surface area contributed by atoms with E-state index in [1.165, 1.54) is 0 Å². The molecule has 3 nitrogen and oxygen atoms in total. The number of rotatable bonds is 2. The predicted molar refractivity (Wildman–Crippen MR) is 77.8 cm³/mol. The highest BCUT2D eigenvalue weighted by Gasteiger charge is 2.52. The highest BCUT2D eigenvalue weighted by atomic mass is 35.5. The van der Waals surface area contributed by atoms with E-state index in [-0.39, 0.29) is 0 Å². The number of aliphatic hydroxyl groups excluding tert-OH is 1. The lowest BCUT2D eigenvalue weighted by Crippen LogP contribution is -2.41. The summed E-state index contributed by atoms with van der Waals surface area (Å²) in [5, 5.41) is 10.2. The maximum atomic E-state index is 9.71. The molecule has 1 aromatic rings. The first-order valence-corrected chi connectivity index (χ1v) is 6.85. The third kappa shape index (κ3) is 2.55. The van der Waals surface area contributed by atoms with Crippen LogP contribution in [0.5, 0.6) is 0 Å². The zero-order valence-electron chi connectivity index (χ0n) is 12.0. The molecule has 0 aromatic heterocycles. The summed E-state index contributed by atoms with van der Waals surface area (Å²) in [6.45, 7) is 9.69. The zero-order valence-corrected chi connectivity index (χ0v) is 12.8. The highest BCUT2D eigenvalue weighted by molar-refractivity contribution is 6.65. The Bertz CT molecular complexity index is 470. The summed E-state index contributed by atoms with van der Waals surface area (Å²) in [7, 11) is -0.504.